The fourth-order valence-corrected chi connectivity index (χ4v) is 2.40. The van der Waals surface area contributed by atoms with Gasteiger partial charge in [-0.1, -0.05) is 35.3 Å². The summed E-state index contributed by atoms with van der Waals surface area (Å²) in [6.07, 6.45) is 1.81. The van der Waals surface area contributed by atoms with Crippen LogP contribution in [0.4, 0.5) is 4.39 Å². The fourth-order valence-electron chi connectivity index (χ4n) is 1.91. The maximum atomic E-state index is 12.9. The van der Waals surface area contributed by atoms with E-state index in [9.17, 15) is 14.3 Å². The Balaban J connectivity index is 2.98. The summed E-state index contributed by atoms with van der Waals surface area (Å²) >= 11 is 3.27. The highest BCUT2D eigenvalue weighted by Gasteiger charge is 2.32. The first-order valence-corrected chi connectivity index (χ1v) is 6.35. The number of rotatable bonds is 5. The minimum Gasteiger partial charge on any atom is -0.481 e. The van der Waals surface area contributed by atoms with Crippen molar-refractivity contribution in [3.63, 3.8) is 0 Å². The zero-order valence-corrected chi connectivity index (χ0v) is 11.6. The maximum absolute atomic E-state index is 12.9. The summed E-state index contributed by atoms with van der Waals surface area (Å²) in [5, 5.41) is 9.28. The lowest BCUT2D eigenvalue weighted by molar-refractivity contribution is -0.148. The molecule has 0 aliphatic heterocycles. The highest BCUT2D eigenvalue weighted by Crippen LogP contribution is 2.31. The summed E-state index contributed by atoms with van der Waals surface area (Å²) in [5.41, 5.74) is 0.0273. The fraction of sp³-hybridized carbons (Fsp3) is 0.462. The number of hydrogen-bond acceptors (Lipinski definition) is 1. The van der Waals surface area contributed by atoms with Gasteiger partial charge in [0, 0.05) is 4.47 Å². The molecule has 1 N–H and O–H groups in total. The van der Waals surface area contributed by atoms with Crippen LogP contribution in [-0.4, -0.2) is 11.1 Å². The summed E-state index contributed by atoms with van der Waals surface area (Å²) in [7, 11) is 0. The number of halogens is 2. The molecule has 0 spiro atoms. The SMILES string of the molecule is CCCC(C)(Cc1ccc(F)cc1Br)C(=O)O. The third kappa shape index (κ3) is 3.53. The summed E-state index contributed by atoms with van der Waals surface area (Å²) in [4.78, 5) is 11.3. The molecular formula is C13H16BrFO2. The Kier molecular flexibility index (Phi) is 4.69. The van der Waals surface area contributed by atoms with E-state index in [2.05, 4.69) is 15.9 Å². The molecule has 17 heavy (non-hydrogen) atoms. The van der Waals surface area contributed by atoms with Crippen molar-refractivity contribution in [2.24, 2.45) is 5.41 Å². The number of carboxylic acid groups (broad SMARTS) is 1. The topological polar surface area (TPSA) is 37.3 Å². The predicted octanol–water partition coefficient (Wildman–Crippen LogP) is 4.02. The molecule has 1 rings (SSSR count). The zero-order chi connectivity index (χ0) is 13.1. The third-order valence-electron chi connectivity index (χ3n) is 2.91. The van der Waals surface area contributed by atoms with E-state index in [1.54, 1.807) is 13.0 Å². The van der Waals surface area contributed by atoms with E-state index < -0.39 is 11.4 Å². The van der Waals surface area contributed by atoms with Crippen molar-refractivity contribution >= 4 is 21.9 Å². The molecule has 1 unspecified atom stereocenters. The highest BCUT2D eigenvalue weighted by molar-refractivity contribution is 9.10. The number of benzene rings is 1. The molecule has 1 aromatic carbocycles. The molecule has 0 bridgehead atoms. The second-order valence-electron chi connectivity index (χ2n) is 4.53. The summed E-state index contributed by atoms with van der Waals surface area (Å²) < 4.78 is 13.6. The predicted molar refractivity (Wildman–Crippen MR) is 68.5 cm³/mol. The van der Waals surface area contributed by atoms with Crippen LogP contribution in [0.3, 0.4) is 0 Å². The van der Waals surface area contributed by atoms with Crippen LogP contribution >= 0.6 is 15.9 Å². The smallest absolute Gasteiger partial charge is 0.309 e. The van der Waals surface area contributed by atoms with E-state index >= 15 is 0 Å². The molecule has 0 amide bonds. The molecule has 0 saturated carbocycles. The van der Waals surface area contributed by atoms with Gasteiger partial charge in [0.25, 0.3) is 0 Å². The Morgan fingerprint density at radius 3 is 2.65 bits per heavy atom. The van der Waals surface area contributed by atoms with E-state index in [1.165, 1.54) is 12.1 Å². The van der Waals surface area contributed by atoms with Crippen LogP contribution < -0.4 is 0 Å². The molecule has 0 saturated heterocycles. The van der Waals surface area contributed by atoms with Crippen LogP contribution in [0.2, 0.25) is 0 Å². The Labute approximate surface area is 109 Å². The lowest BCUT2D eigenvalue weighted by atomic mass is 9.80. The normalized spacial score (nSPS) is 14.4. The van der Waals surface area contributed by atoms with Gasteiger partial charge in [-0.3, -0.25) is 4.79 Å². The number of carboxylic acids is 1. The summed E-state index contributed by atoms with van der Waals surface area (Å²) in [5.74, 6) is -1.14. The maximum Gasteiger partial charge on any atom is 0.309 e. The molecule has 4 heteroatoms. The number of aliphatic carboxylic acids is 1. The van der Waals surface area contributed by atoms with Gasteiger partial charge in [0.15, 0.2) is 0 Å². The van der Waals surface area contributed by atoms with E-state index in [1.807, 2.05) is 6.92 Å². The molecule has 1 aromatic rings. The van der Waals surface area contributed by atoms with Crippen molar-refractivity contribution in [3.8, 4) is 0 Å². The van der Waals surface area contributed by atoms with E-state index in [0.717, 1.165) is 12.0 Å². The molecule has 0 radical (unpaired) electrons. The third-order valence-corrected chi connectivity index (χ3v) is 3.65. The van der Waals surface area contributed by atoms with Crippen molar-refractivity contribution in [1.82, 2.24) is 0 Å². The molecule has 94 valence electrons. The summed E-state index contributed by atoms with van der Waals surface area (Å²) in [6, 6.07) is 4.36. The van der Waals surface area contributed by atoms with Crippen molar-refractivity contribution in [2.45, 2.75) is 33.1 Å². The van der Waals surface area contributed by atoms with Gasteiger partial charge in [0.1, 0.15) is 5.82 Å². The highest BCUT2D eigenvalue weighted by atomic mass is 79.9. The molecule has 0 aliphatic carbocycles. The number of hydrogen-bond donors (Lipinski definition) is 1. The Morgan fingerprint density at radius 1 is 1.53 bits per heavy atom. The van der Waals surface area contributed by atoms with Crippen molar-refractivity contribution in [2.75, 3.05) is 0 Å². The number of carbonyl (C=O) groups is 1. The van der Waals surface area contributed by atoms with Crippen LogP contribution in [0.15, 0.2) is 22.7 Å². The lowest BCUT2D eigenvalue weighted by Crippen LogP contribution is -2.30. The monoisotopic (exact) mass is 302 g/mol. The van der Waals surface area contributed by atoms with Crippen LogP contribution in [0.5, 0.6) is 0 Å². The largest absolute Gasteiger partial charge is 0.481 e. The standard InChI is InChI=1S/C13H16BrFO2/c1-3-6-13(2,12(16)17)8-9-4-5-10(15)7-11(9)14/h4-5,7H,3,6,8H2,1-2H3,(H,16,17). The average Bonchev–Trinajstić information content (AvgIpc) is 2.22. The Hall–Kier alpha value is -0.900. The van der Waals surface area contributed by atoms with E-state index in [-0.39, 0.29) is 5.82 Å². The first kappa shape index (κ1) is 14.2. The van der Waals surface area contributed by atoms with Crippen LogP contribution in [-0.2, 0) is 11.2 Å². The molecule has 1 atom stereocenters. The van der Waals surface area contributed by atoms with Gasteiger partial charge in [0.05, 0.1) is 5.41 Å². The first-order chi connectivity index (χ1) is 7.89. The second kappa shape index (κ2) is 5.63. The van der Waals surface area contributed by atoms with Gasteiger partial charge in [-0.05, 0) is 37.5 Å². The average molecular weight is 303 g/mol. The molecule has 2 nitrogen and oxygen atoms in total. The van der Waals surface area contributed by atoms with Crippen LogP contribution in [0.1, 0.15) is 32.3 Å². The van der Waals surface area contributed by atoms with Gasteiger partial charge in [-0.25, -0.2) is 4.39 Å². The second-order valence-corrected chi connectivity index (χ2v) is 5.38. The van der Waals surface area contributed by atoms with Crippen molar-refractivity contribution < 1.29 is 14.3 Å². The van der Waals surface area contributed by atoms with Crippen LogP contribution in [0, 0.1) is 11.2 Å². The van der Waals surface area contributed by atoms with Crippen LogP contribution in [0.25, 0.3) is 0 Å². The van der Waals surface area contributed by atoms with Gasteiger partial charge in [0.2, 0.25) is 0 Å². The molecule has 0 heterocycles. The quantitative estimate of drug-likeness (QED) is 0.892. The van der Waals surface area contributed by atoms with Gasteiger partial charge in [-0.2, -0.15) is 0 Å². The Bertz CT molecular complexity index is 420. The minimum absolute atomic E-state index is 0.326. The molecule has 0 aromatic heterocycles. The first-order valence-electron chi connectivity index (χ1n) is 5.56. The van der Waals surface area contributed by atoms with E-state index in [4.69, 9.17) is 0 Å². The lowest BCUT2D eigenvalue weighted by Gasteiger charge is -2.24. The van der Waals surface area contributed by atoms with E-state index in [0.29, 0.717) is 17.3 Å². The minimum atomic E-state index is -0.810. The van der Waals surface area contributed by atoms with Gasteiger partial charge in [-0.15, -0.1) is 0 Å². The Morgan fingerprint density at radius 2 is 2.18 bits per heavy atom. The molecular weight excluding hydrogens is 287 g/mol. The summed E-state index contributed by atoms with van der Waals surface area (Å²) in [6.45, 7) is 3.69. The zero-order valence-electron chi connectivity index (χ0n) is 9.96. The van der Waals surface area contributed by atoms with Crippen molar-refractivity contribution in [1.29, 1.82) is 0 Å². The van der Waals surface area contributed by atoms with Crippen molar-refractivity contribution in [3.05, 3.63) is 34.1 Å². The van der Waals surface area contributed by atoms with Gasteiger partial charge >= 0.3 is 5.97 Å². The molecule has 0 fully saturated rings. The molecule has 0 aliphatic rings. The van der Waals surface area contributed by atoms with Gasteiger partial charge < -0.3 is 5.11 Å².